The number of halogens is 1. The zero-order valence-corrected chi connectivity index (χ0v) is 20.2. The summed E-state index contributed by atoms with van der Waals surface area (Å²) in [6, 6.07) is 16.0. The Balaban J connectivity index is 1.60. The minimum Gasteiger partial charge on any atom is -0.263 e. The second kappa shape index (κ2) is 10.5. The molecular formula is C27H28ClN5O. The van der Waals surface area contributed by atoms with E-state index in [-0.39, 0.29) is 11.6 Å². The van der Waals surface area contributed by atoms with Crippen molar-refractivity contribution in [3.8, 4) is 0 Å². The maximum absolute atomic E-state index is 12.9. The lowest BCUT2D eigenvalue weighted by molar-refractivity contribution is 0.584. The van der Waals surface area contributed by atoms with Crippen molar-refractivity contribution in [2.45, 2.75) is 19.9 Å². The van der Waals surface area contributed by atoms with Crippen LogP contribution in [0, 0.1) is 12.8 Å². The summed E-state index contributed by atoms with van der Waals surface area (Å²) in [6.45, 7) is 6.85. The number of rotatable bonds is 8. The van der Waals surface area contributed by atoms with Crippen LogP contribution in [0.5, 0.6) is 0 Å². The Morgan fingerprint density at radius 2 is 1.82 bits per heavy atom. The molecule has 6 nitrogen and oxygen atoms in total. The lowest BCUT2D eigenvalue weighted by atomic mass is 9.97. The van der Waals surface area contributed by atoms with E-state index in [1.165, 1.54) is 15.8 Å². The Bertz CT molecular complexity index is 1300. The van der Waals surface area contributed by atoms with Crippen LogP contribution in [0.4, 0.5) is 5.95 Å². The fraction of sp³-hybridized carbons (Fsp3) is 0.222. The third-order valence-corrected chi connectivity index (χ3v) is 6.02. The molecule has 1 atom stereocenters. The van der Waals surface area contributed by atoms with E-state index in [4.69, 9.17) is 16.7 Å². The van der Waals surface area contributed by atoms with Crippen LogP contribution in [0.2, 0.25) is 5.02 Å². The number of hydrazone groups is 1. The van der Waals surface area contributed by atoms with Crippen molar-refractivity contribution in [2.24, 2.45) is 18.1 Å². The van der Waals surface area contributed by atoms with Crippen LogP contribution >= 0.6 is 11.6 Å². The van der Waals surface area contributed by atoms with E-state index in [1.54, 1.807) is 22.7 Å². The Morgan fingerprint density at radius 1 is 1.09 bits per heavy atom. The molecule has 4 rings (SSSR count). The largest absolute Gasteiger partial charge is 0.347 e. The summed E-state index contributed by atoms with van der Waals surface area (Å²) >= 11 is 6.09. The number of hydrogen-bond acceptors (Lipinski definition) is 4. The van der Waals surface area contributed by atoms with Gasteiger partial charge in [-0.05, 0) is 36.6 Å². The first-order valence-electron chi connectivity index (χ1n) is 11.2. The zero-order valence-electron chi connectivity index (χ0n) is 19.4. The number of aryl methyl sites for hydroxylation is 3. The van der Waals surface area contributed by atoms with Crippen molar-refractivity contribution >= 4 is 23.3 Å². The molecule has 7 heteroatoms. The molecule has 1 aromatic heterocycles. The number of allylic oxidation sites excluding steroid dienone is 4. The second-order valence-corrected chi connectivity index (χ2v) is 8.72. The summed E-state index contributed by atoms with van der Waals surface area (Å²) < 4.78 is 3.07. The molecular weight excluding hydrogens is 446 g/mol. The normalized spacial score (nSPS) is 16.0. The van der Waals surface area contributed by atoms with Crippen LogP contribution in [0.15, 0.2) is 95.4 Å². The van der Waals surface area contributed by atoms with Gasteiger partial charge in [0.15, 0.2) is 0 Å². The minimum absolute atomic E-state index is 0.0310. The predicted octanol–water partition coefficient (Wildman–Crippen LogP) is 4.93. The topological polar surface area (TPSA) is 55.4 Å². The van der Waals surface area contributed by atoms with Gasteiger partial charge in [-0.2, -0.15) is 5.10 Å². The second-order valence-electron chi connectivity index (χ2n) is 8.29. The van der Waals surface area contributed by atoms with Crippen molar-refractivity contribution in [3.05, 3.63) is 118 Å². The van der Waals surface area contributed by atoms with Crippen molar-refractivity contribution in [3.63, 3.8) is 0 Å². The highest BCUT2D eigenvalue weighted by Crippen LogP contribution is 2.25. The standard InChI is InChI=1S/C27H28ClN5O/c1-4-5-6-7-8-23-19-33(29-25(23)22-13-15-24(28)16-14-22)26-30-32(27(34)31(26)3)18-17-21-11-9-20(2)10-12-21/h4-16,23H,1,17-19H2,2-3H3/b6-5-,8-7+/t23-/m0/s1. The first-order valence-corrected chi connectivity index (χ1v) is 11.6. The number of aromatic nitrogens is 3. The highest BCUT2D eigenvalue weighted by molar-refractivity contribution is 6.30. The lowest BCUT2D eigenvalue weighted by Gasteiger charge is -2.12. The van der Waals surface area contributed by atoms with Crippen LogP contribution < -0.4 is 10.7 Å². The first kappa shape index (κ1) is 23.5. The molecule has 174 valence electrons. The van der Waals surface area contributed by atoms with Crippen molar-refractivity contribution in [2.75, 3.05) is 11.6 Å². The summed E-state index contributed by atoms with van der Waals surface area (Å²) in [7, 11) is 1.74. The molecule has 0 unspecified atom stereocenters. The molecule has 0 amide bonds. The molecule has 0 fully saturated rings. The molecule has 0 saturated heterocycles. The van der Waals surface area contributed by atoms with Gasteiger partial charge in [0.2, 0.25) is 5.95 Å². The maximum atomic E-state index is 12.9. The van der Waals surface area contributed by atoms with Crippen molar-refractivity contribution in [1.82, 2.24) is 14.3 Å². The molecule has 0 aliphatic carbocycles. The van der Waals surface area contributed by atoms with E-state index in [0.717, 1.165) is 17.7 Å². The summed E-state index contributed by atoms with van der Waals surface area (Å²) in [5.74, 6) is 0.557. The molecule has 1 aliphatic rings. The lowest BCUT2D eigenvalue weighted by Crippen LogP contribution is -2.25. The summed E-state index contributed by atoms with van der Waals surface area (Å²) in [6.07, 6.45) is 10.4. The van der Waals surface area contributed by atoms with Crippen molar-refractivity contribution in [1.29, 1.82) is 0 Å². The van der Waals surface area contributed by atoms with Gasteiger partial charge in [0.1, 0.15) is 0 Å². The molecule has 0 radical (unpaired) electrons. The van der Waals surface area contributed by atoms with Gasteiger partial charge < -0.3 is 0 Å². The van der Waals surface area contributed by atoms with Gasteiger partial charge in [-0.1, -0.05) is 90.5 Å². The molecule has 2 heterocycles. The average Bonchev–Trinajstić information content (AvgIpc) is 3.38. The van der Waals surface area contributed by atoms with Gasteiger partial charge in [0, 0.05) is 18.0 Å². The van der Waals surface area contributed by atoms with Gasteiger partial charge in [0.25, 0.3) is 0 Å². The quantitative estimate of drug-likeness (QED) is 0.436. The molecule has 2 aromatic carbocycles. The van der Waals surface area contributed by atoms with E-state index in [2.05, 4.69) is 48.9 Å². The molecule has 0 saturated carbocycles. The fourth-order valence-corrected chi connectivity index (χ4v) is 3.99. The molecule has 1 aliphatic heterocycles. The van der Waals surface area contributed by atoms with Crippen LogP contribution in [-0.4, -0.2) is 26.6 Å². The smallest absolute Gasteiger partial charge is 0.263 e. The minimum atomic E-state index is -0.154. The van der Waals surface area contributed by atoms with Gasteiger partial charge in [-0.3, -0.25) is 4.57 Å². The van der Waals surface area contributed by atoms with E-state index in [1.807, 2.05) is 42.5 Å². The number of benzene rings is 2. The number of nitrogens with zero attached hydrogens (tertiary/aromatic N) is 5. The zero-order chi connectivity index (χ0) is 24.1. The number of hydrogen-bond donors (Lipinski definition) is 0. The number of anilines is 1. The van der Waals surface area contributed by atoms with E-state index < -0.39 is 0 Å². The molecule has 0 spiro atoms. The Kier molecular flexibility index (Phi) is 7.28. The summed E-state index contributed by atoms with van der Waals surface area (Å²) in [5.41, 5.74) is 4.12. The van der Waals surface area contributed by atoms with Crippen LogP contribution in [0.1, 0.15) is 16.7 Å². The Labute approximate surface area is 204 Å². The van der Waals surface area contributed by atoms with E-state index in [0.29, 0.717) is 24.1 Å². The van der Waals surface area contributed by atoms with E-state index >= 15 is 0 Å². The third-order valence-electron chi connectivity index (χ3n) is 5.77. The highest BCUT2D eigenvalue weighted by Gasteiger charge is 2.29. The monoisotopic (exact) mass is 473 g/mol. The molecule has 34 heavy (non-hydrogen) atoms. The molecule has 0 bridgehead atoms. The Morgan fingerprint density at radius 3 is 2.53 bits per heavy atom. The maximum Gasteiger partial charge on any atom is 0.347 e. The fourth-order valence-electron chi connectivity index (χ4n) is 3.87. The van der Waals surface area contributed by atoms with Crippen molar-refractivity contribution < 1.29 is 0 Å². The SMILES string of the molecule is C=C/C=C\C=C\[C@H]1CN(c2nn(CCc3ccc(C)cc3)c(=O)n2C)N=C1c1ccc(Cl)cc1. The third kappa shape index (κ3) is 5.29. The van der Waals surface area contributed by atoms with Crippen LogP contribution in [0.3, 0.4) is 0 Å². The van der Waals surface area contributed by atoms with Gasteiger partial charge in [0.05, 0.1) is 18.8 Å². The average molecular weight is 474 g/mol. The first-order chi connectivity index (χ1) is 16.5. The molecule has 0 N–H and O–H groups in total. The highest BCUT2D eigenvalue weighted by atomic mass is 35.5. The molecule has 3 aromatic rings. The van der Waals surface area contributed by atoms with E-state index in [9.17, 15) is 4.79 Å². The predicted molar refractivity (Wildman–Crippen MR) is 140 cm³/mol. The van der Waals surface area contributed by atoms with Crippen LogP contribution in [-0.2, 0) is 20.0 Å². The Hall–Kier alpha value is -3.64. The van der Waals surface area contributed by atoms with Crippen LogP contribution in [0.25, 0.3) is 0 Å². The summed E-state index contributed by atoms with van der Waals surface area (Å²) in [4.78, 5) is 12.9. The van der Waals surface area contributed by atoms with Gasteiger partial charge in [-0.25, -0.2) is 14.5 Å². The van der Waals surface area contributed by atoms with Gasteiger partial charge >= 0.3 is 5.69 Å². The van der Waals surface area contributed by atoms with Gasteiger partial charge in [-0.15, -0.1) is 5.10 Å². The summed E-state index contributed by atoms with van der Waals surface area (Å²) in [5, 5.41) is 12.0.